The quantitative estimate of drug-likeness (QED) is 0.698. The summed E-state index contributed by atoms with van der Waals surface area (Å²) in [7, 11) is 0. The number of nitrogens with two attached hydrogens (primary N) is 1. The molecule has 1 atom stereocenters. The van der Waals surface area contributed by atoms with E-state index < -0.39 is 12.0 Å². The van der Waals surface area contributed by atoms with Crippen LogP contribution in [0.25, 0.3) is 10.9 Å². The first-order valence-electron chi connectivity index (χ1n) is 4.59. The highest BCUT2D eigenvalue weighted by Crippen LogP contribution is 2.21. The summed E-state index contributed by atoms with van der Waals surface area (Å²) in [5, 5.41) is 16.4. The molecule has 5 heteroatoms. The van der Waals surface area contributed by atoms with Crippen LogP contribution < -0.4 is 5.73 Å². The van der Waals surface area contributed by atoms with Gasteiger partial charge in [-0.15, -0.1) is 0 Å². The molecule has 0 amide bonds. The van der Waals surface area contributed by atoms with Crippen LogP contribution in [-0.2, 0) is 4.79 Å². The summed E-state index contributed by atoms with van der Waals surface area (Å²) in [4.78, 5) is 10.5. The molecule has 0 bridgehead atoms. The Labute approximate surface area is 85.9 Å². The average Bonchev–Trinajstić information content (AvgIpc) is 2.59. The van der Waals surface area contributed by atoms with E-state index in [1.165, 1.54) is 0 Å². The lowest BCUT2D eigenvalue weighted by Crippen LogP contribution is -2.15. The Balaban J connectivity index is 2.39. The summed E-state index contributed by atoms with van der Waals surface area (Å²) >= 11 is 0. The van der Waals surface area contributed by atoms with Crippen molar-refractivity contribution < 1.29 is 9.90 Å². The molecule has 0 fully saturated rings. The molecule has 0 spiro atoms. The minimum absolute atomic E-state index is 0.105. The number of fused-ring (bicyclic) bond motifs is 1. The molecule has 78 valence electrons. The SMILES string of the molecule is NC(CC(=O)O)c1[nH]nc2ccccc12. The number of hydrogen-bond donors (Lipinski definition) is 3. The molecular weight excluding hydrogens is 194 g/mol. The molecule has 0 aliphatic carbocycles. The second-order valence-electron chi connectivity index (χ2n) is 3.36. The smallest absolute Gasteiger partial charge is 0.305 e. The Kier molecular flexibility index (Phi) is 2.39. The number of benzene rings is 1. The molecule has 0 saturated heterocycles. The van der Waals surface area contributed by atoms with Crippen molar-refractivity contribution in [1.82, 2.24) is 10.2 Å². The van der Waals surface area contributed by atoms with E-state index in [1.54, 1.807) is 0 Å². The molecule has 0 radical (unpaired) electrons. The monoisotopic (exact) mass is 205 g/mol. The number of aliphatic carboxylic acids is 1. The third-order valence-electron chi connectivity index (χ3n) is 2.26. The lowest BCUT2D eigenvalue weighted by Gasteiger charge is -2.06. The first kappa shape index (κ1) is 9.67. The number of aromatic amines is 1. The zero-order valence-electron chi connectivity index (χ0n) is 7.97. The second-order valence-corrected chi connectivity index (χ2v) is 3.36. The van der Waals surface area contributed by atoms with E-state index in [9.17, 15) is 4.79 Å². The zero-order chi connectivity index (χ0) is 10.8. The molecule has 5 nitrogen and oxygen atoms in total. The number of rotatable bonds is 3. The van der Waals surface area contributed by atoms with Crippen molar-refractivity contribution in [2.45, 2.75) is 12.5 Å². The predicted molar refractivity (Wildman–Crippen MR) is 55.3 cm³/mol. The van der Waals surface area contributed by atoms with Crippen molar-refractivity contribution in [3.05, 3.63) is 30.0 Å². The highest BCUT2D eigenvalue weighted by molar-refractivity contribution is 5.82. The van der Waals surface area contributed by atoms with Gasteiger partial charge in [0.2, 0.25) is 0 Å². The first-order valence-corrected chi connectivity index (χ1v) is 4.59. The topological polar surface area (TPSA) is 92.0 Å². The molecule has 4 N–H and O–H groups in total. The number of carboxylic acid groups (broad SMARTS) is 1. The Morgan fingerprint density at radius 2 is 2.27 bits per heavy atom. The van der Waals surface area contributed by atoms with Gasteiger partial charge in [0.1, 0.15) is 0 Å². The van der Waals surface area contributed by atoms with Gasteiger partial charge in [0.05, 0.1) is 23.7 Å². The van der Waals surface area contributed by atoms with Crippen LogP contribution in [0.3, 0.4) is 0 Å². The molecule has 2 rings (SSSR count). The molecule has 1 heterocycles. The van der Waals surface area contributed by atoms with Crippen molar-refractivity contribution >= 4 is 16.9 Å². The van der Waals surface area contributed by atoms with Crippen LogP contribution in [-0.4, -0.2) is 21.3 Å². The Bertz CT molecular complexity index is 492. The molecule has 1 aromatic carbocycles. The summed E-state index contributed by atoms with van der Waals surface area (Å²) in [6, 6.07) is 6.92. The molecule has 2 aromatic rings. The van der Waals surface area contributed by atoms with Gasteiger partial charge in [-0.1, -0.05) is 18.2 Å². The largest absolute Gasteiger partial charge is 0.481 e. The maximum Gasteiger partial charge on any atom is 0.305 e. The summed E-state index contributed by atoms with van der Waals surface area (Å²) in [6.07, 6.45) is -0.105. The Morgan fingerprint density at radius 3 is 3.00 bits per heavy atom. The highest BCUT2D eigenvalue weighted by Gasteiger charge is 2.15. The van der Waals surface area contributed by atoms with E-state index in [1.807, 2.05) is 24.3 Å². The molecule has 0 saturated carbocycles. The van der Waals surface area contributed by atoms with Gasteiger partial charge in [-0.05, 0) is 6.07 Å². The number of carbonyl (C=O) groups is 1. The van der Waals surface area contributed by atoms with Crippen LogP contribution in [0.4, 0.5) is 0 Å². The van der Waals surface area contributed by atoms with Gasteiger partial charge < -0.3 is 10.8 Å². The number of hydrogen-bond acceptors (Lipinski definition) is 3. The van der Waals surface area contributed by atoms with Crippen LogP contribution >= 0.6 is 0 Å². The van der Waals surface area contributed by atoms with Crippen LogP contribution in [0.15, 0.2) is 24.3 Å². The standard InChI is InChI=1S/C10H11N3O2/c11-7(5-9(14)15)10-6-3-1-2-4-8(6)12-13-10/h1-4,7H,5,11H2,(H,12,13)(H,14,15). The van der Waals surface area contributed by atoms with Crippen LogP contribution in [0, 0.1) is 0 Å². The number of aromatic nitrogens is 2. The third kappa shape index (κ3) is 1.82. The summed E-state index contributed by atoms with van der Waals surface area (Å²) in [6.45, 7) is 0. The maximum atomic E-state index is 10.5. The number of H-pyrrole nitrogens is 1. The van der Waals surface area contributed by atoms with E-state index in [4.69, 9.17) is 10.8 Å². The maximum absolute atomic E-state index is 10.5. The van der Waals surface area contributed by atoms with Gasteiger partial charge in [-0.3, -0.25) is 9.89 Å². The van der Waals surface area contributed by atoms with Gasteiger partial charge in [0, 0.05) is 5.39 Å². The minimum atomic E-state index is -0.916. The Morgan fingerprint density at radius 1 is 1.53 bits per heavy atom. The van der Waals surface area contributed by atoms with Gasteiger partial charge >= 0.3 is 5.97 Å². The molecule has 1 unspecified atom stereocenters. The lowest BCUT2D eigenvalue weighted by atomic mass is 10.1. The fourth-order valence-corrected chi connectivity index (χ4v) is 1.55. The third-order valence-corrected chi connectivity index (χ3v) is 2.26. The normalized spacial score (nSPS) is 12.9. The average molecular weight is 205 g/mol. The van der Waals surface area contributed by atoms with Gasteiger partial charge in [-0.2, -0.15) is 5.10 Å². The van der Waals surface area contributed by atoms with E-state index in [-0.39, 0.29) is 6.42 Å². The Hall–Kier alpha value is -1.88. The lowest BCUT2D eigenvalue weighted by molar-refractivity contribution is -0.137. The van der Waals surface area contributed by atoms with Crippen molar-refractivity contribution in [2.75, 3.05) is 0 Å². The van der Waals surface area contributed by atoms with Crippen molar-refractivity contribution in [2.24, 2.45) is 5.73 Å². The number of nitrogens with one attached hydrogen (secondary N) is 1. The molecule has 0 aliphatic heterocycles. The van der Waals surface area contributed by atoms with Crippen LogP contribution in [0.5, 0.6) is 0 Å². The summed E-state index contributed by atoms with van der Waals surface area (Å²) in [5.74, 6) is -0.916. The van der Waals surface area contributed by atoms with Crippen LogP contribution in [0.2, 0.25) is 0 Å². The van der Waals surface area contributed by atoms with Crippen LogP contribution in [0.1, 0.15) is 18.2 Å². The second kappa shape index (κ2) is 3.70. The van der Waals surface area contributed by atoms with Crippen molar-refractivity contribution in [3.63, 3.8) is 0 Å². The number of para-hydroxylation sites is 1. The predicted octanol–water partition coefficient (Wildman–Crippen LogP) is 1.04. The van der Waals surface area contributed by atoms with E-state index in [0.717, 1.165) is 10.9 Å². The van der Waals surface area contributed by atoms with E-state index in [0.29, 0.717) is 5.69 Å². The van der Waals surface area contributed by atoms with Gasteiger partial charge in [0.25, 0.3) is 0 Å². The van der Waals surface area contributed by atoms with Gasteiger partial charge in [-0.25, -0.2) is 0 Å². The summed E-state index contributed by atoms with van der Waals surface area (Å²) < 4.78 is 0. The first-order chi connectivity index (χ1) is 7.18. The summed E-state index contributed by atoms with van der Waals surface area (Å²) in [5.41, 5.74) is 7.23. The van der Waals surface area contributed by atoms with Crippen molar-refractivity contribution in [3.8, 4) is 0 Å². The fraction of sp³-hybridized carbons (Fsp3) is 0.200. The molecule has 0 aliphatic rings. The van der Waals surface area contributed by atoms with Crippen molar-refractivity contribution in [1.29, 1.82) is 0 Å². The molecule has 1 aromatic heterocycles. The minimum Gasteiger partial charge on any atom is -0.481 e. The van der Waals surface area contributed by atoms with Gasteiger partial charge in [0.15, 0.2) is 0 Å². The molecule has 15 heavy (non-hydrogen) atoms. The number of nitrogens with zero attached hydrogens (tertiary/aromatic N) is 1. The molecular formula is C10H11N3O2. The fourth-order valence-electron chi connectivity index (χ4n) is 1.55. The number of carboxylic acids is 1. The zero-order valence-corrected chi connectivity index (χ0v) is 7.97. The highest BCUT2D eigenvalue weighted by atomic mass is 16.4. The van der Waals surface area contributed by atoms with E-state index >= 15 is 0 Å². The van der Waals surface area contributed by atoms with E-state index in [2.05, 4.69) is 10.2 Å².